The maximum absolute atomic E-state index is 12.2. The van der Waals surface area contributed by atoms with Crippen LogP contribution < -0.4 is 5.73 Å². The van der Waals surface area contributed by atoms with Crippen LogP contribution in [0.25, 0.3) is 0 Å². The molecule has 0 radical (unpaired) electrons. The number of morpholine rings is 1. The molecule has 0 bridgehead atoms. The van der Waals surface area contributed by atoms with Crippen LogP contribution in [0.3, 0.4) is 0 Å². The highest BCUT2D eigenvalue weighted by molar-refractivity contribution is 5.68. The molecule has 104 valence electrons. The minimum Gasteiger partial charge on any atom is -0.444 e. The van der Waals surface area contributed by atoms with Crippen LogP contribution in [0.1, 0.15) is 27.2 Å². The van der Waals surface area contributed by atoms with E-state index in [1.807, 2.05) is 25.7 Å². The van der Waals surface area contributed by atoms with Crippen LogP contribution in [0.2, 0.25) is 0 Å². The molecule has 2 aliphatic rings. The van der Waals surface area contributed by atoms with Crippen molar-refractivity contribution in [1.82, 2.24) is 4.90 Å². The average molecular weight is 256 g/mol. The van der Waals surface area contributed by atoms with Crippen LogP contribution in [-0.4, -0.2) is 48.9 Å². The quantitative estimate of drug-likeness (QED) is 0.806. The van der Waals surface area contributed by atoms with E-state index < -0.39 is 5.60 Å². The lowest BCUT2D eigenvalue weighted by molar-refractivity contribution is -0.0384. The van der Waals surface area contributed by atoms with E-state index in [-0.39, 0.29) is 12.1 Å². The van der Waals surface area contributed by atoms with Gasteiger partial charge in [-0.25, -0.2) is 4.79 Å². The predicted octanol–water partition coefficient (Wildman–Crippen LogP) is 1.22. The number of nitrogens with two attached hydrogens (primary N) is 1. The molecule has 0 spiro atoms. The molecule has 5 nitrogen and oxygen atoms in total. The average Bonchev–Trinajstić information content (AvgIpc) is 3.06. The van der Waals surface area contributed by atoms with Gasteiger partial charge in [-0.3, -0.25) is 0 Å². The Balaban J connectivity index is 1.97. The molecule has 0 aromatic carbocycles. The first kappa shape index (κ1) is 13.6. The first-order chi connectivity index (χ1) is 8.42. The zero-order valence-corrected chi connectivity index (χ0v) is 11.5. The molecule has 1 saturated carbocycles. The van der Waals surface area contributed by atoms with Gasteiger partial charge in [0.2, 0.25) is 0 Å². The third-order valence-electron chi connectivity index (χ3n) is 3.57. The molecule has 18 heavy (non-hydrogen) atoms. The summed E-state index contributed by atoms with van der Waals surface area (Å²) in [5.74, 6) is 1.03. The van der Waals surface area contributed by atoms with E-state index in [0.29, 0.717) is 38.1 Å². The Morgan fingerprint density at radius 1 is 1.50 bits per heavy atom. The van der Waals surface area contributed by atoms with Crippen molar-refractivity contribution in [1.29, 1.82) is 0 Å². The summed E-state index contributed by atoms with van der Waals surface area (Å²) >= 11 is 0. The van der Waals surface area contributed by atoms with Crippen molar-refractivity contribution in [2.75, 3.05) is 26.3 Å². The van der Waals surface area contributed by atoms with Crippen molar-refractivity contribution in [3.8, 4) is 0 Å². The summed E-state index contributed by atoms with van der Waals surface area (Å²) in [5, 5.41) is 0. The van der Waals surface area contributed by atoms with Crippen LogP contribution in [0, 0.1) is 11.8 Å². The number of rotatable bonds is 2. The number of carbonyl (C=O) groups is 1. The second-order valence-electron chi connectivity index (χ2n) is 6.21. The van der Waals surface area contributed by atoms with Crippen LogP contribution in [0.15, 0.2) is 0 Å². The standard InChI is InChI=1S/C13H24N2O3/c1-13(2,3)18-12(16)15-4-5-17-8-11(15)10-6-9(10)7-14/h9-11H,4-8,14H2,1-3H3. The Kier molecular flexibility index (Phi) is 3.82. The van der Waals surface area contributed by atoms with Gasteiger partial charge in [0, 0.05) is 6.54 Å². The Morgan fingerprint density at radius 3 is 2.78 bits per heavy atom. The van der Waals surface area contributed by atoms with Crippen molar-refractivity contribution in [3.05, 3.63) is 0 Å². The Morgan fingerprint density at radius 2 is 2.22 bits per heavy atom. The van der Waals surface area contributed by atoms with E-state index in [1.54, 1.807) is 0 Å². The van der Waals surface area contributed by atoms with Crippen molar-refractivity contribution in [3.63, 3.8) is 0 Å². The topological polar surface area (TPSA) is 64.8 Å². The van der Waals surface area contributed by atoms with E-state index in [4.69, 9.17) is 15.2 Å². The maximum atomic E-state index is 12.2. The summed E-state index contributed by atoms with van der Waals surface area (Å²) in [4.78, 5) is 14.0. The predicted molar refractivity (Wildman–Crippen MR) is 68.2 cm³/mol. The van der Waals surface area contributed by atoms with Gasteiger partial charge in [-0.15, -0.1) is 0 Å². The molecule has 1 amide bonds. The zero-order chi connectivity index (χ0) is 13.3. The zero-order valence-electron chi connectivity index (χ0n) is 11.5. The lowest BCUT2D eigenvalue weighted by atomic mass is 10.1. The Labute approximate surface area is 109 Å². The number of hydrogen-bond acceptors (Lipinski definition) is 4. The summed E-state index contributed by atoms with van der Waals surface area (Å²) in [5.41, 5.74) is 5.23. The van der Waals surface area contributed by atoms with E-state index in [9.17, 15) is 4.79 Å². The maximum Gasteiger partial charge on any atom is 0.410 e. The van der Waals surface area contributed by atoms with Gasteiger partial charge in [0.1, 0.15) is 5.60 Å². The molecule has 0 aromatic rings. The van der Waals surface area contributed by atoms with Crippen LogP contribution >= 0.6 is 0 Å². The molecule has 0 aromatic heterocycles. The second kappa shape index (κ2) is 5.05. The molecular weight excluding hydrogens is 232 g/mol. The molecule has 2 rings (SSSR count). The van der Waals surface area contributed by atoms with Crippen LogP contribution in [0.4, 0.5) is 4.79 Å². The summed E-state index contributed by atoms with van der Waals surface area (Å²) in [6.07, 6.45) is 0.877. The first-order valence-electron chi connectivity index (χ1n) is 6.70. The summed E-state index contributed by atoms with van der Waals surface area (Å²) in [6.45, 7) is 8.19. The molecule has 1 heterocycles. The van der Waals surface area contributed by atoms with Crippen molar-refractivity contribution in [2.24, 2.45) is 17.6 Å². The summed E-state index contributed by atoms with van der Waals surface area (Å²) in [7, 11) is 0. The lowest BCUT2D eigenvalue weighted by Crippen LogP contribution is -2.51. The molecule has 2 fully saturated rings. The summed E-state index contributed by atoms with van der Waals surface area (Å²) in [6, 6.07) is 0.141. The monoisotopic (exact) mass is 256 g/mol. The third-order valence-corrected chi connectivity index (χ3v) is 3.57. The molecule has 5 heteroatoms. The van der Waals surface area contributed by atoms with Gasteiger partial charge in [-0.1, -0.05) is 0 Å². The normalized spacial score (nSPS) is 32.2. The third kappa shape index (κ3) is 3.14. The smallest absolute Gasteiger partial charge is 0.410 e. The van der Waals surface area contributed by atoms with Gasteiger partial charge in [0.25, 0.3) is 0 Å². The summed E-state index contributed by atoms with van der Waals surface area (Å²) < 4.78 is 11.0. The number of carbonyl (C=O) groups excluding carboxylic acids is 1. The largest absolute Gasteiger partial charge is 0.444 e. The van der Waals surface area contributed by atoms with Gasteiger partial charge in [0.05, 0.1) is 19.3 Å². The molecule has 3 atom stereocenters. The van der Waals surface area contributed by atoms with E-state index in [2.05, 4.69) is 0 Å². The highest BCUT2D eigenvalue weighted by Crippen LogP contribution is 2.43. The highest BCUT2D eigenvalue weighted by atomic mass is 16.6. The highest BCUT2D eigenvalue weighted by Gasteiger charge is 2.47. The fourth-order valence-corrected chi connectivity index (χ4v) is 2.54. The molecular formula is C13H24N2O3. The van der Waals surface area contributed by atoms with Crippen molar-refractivity contribution in [2.45, 2.75) is 38.8 Å². The van der Waals surface area contributed by atoms with Crippen molar-refractivity contribution < 1.29 is 14.3 Å². The number of ether oxygens (including phenoxy) is 2. The van der Waals surface area contributed by atoms with Gasteiger partial charge in [0.15, 0.2) is 0 Å². The second-order valence-corrected chi connectivity index (χ2v) is 6.21. The molecule has 3 unspecified atom stereocenters. The minimum atomic E-state index is -0.448. The van der Waals surface area contributed by atoms with E-state index >= 15 is 0 Å². The fraction of sp³-hybridized carbons (Fsp3) is 0.923. The van der Waals surface area contributed by atoms with Crippen LogP contribution in [-0.2, 0) is 9.47 Å². The number of hydrogen-bond donors (Lipinski definition) is 1. The fourth-order valence-electron chi connectivity index (χ4n) is 2.54. The van der Waals surface area contributed by atoms with Gasteiger partial charge in [-0.05, 0) is 45.6 Å². The molecule has 2 N–H and O–H groups in total. The van der Waals surface area contributed by atoms with Gasteiger partial charge >= 0.3 is 6.09 Å². The van der Waals surface area contributed by atoms with Gasteiger partial charge in [-0.2, -0.15) is 0 Å². The first-order valence-corrected chi connectivity index (χ1v) is 6.70. The molecule has 1 saturated heterocycles. The van der Waals surface area contributed by atoms with E-state index in [1.165, 1.54) is 0 Å². The molecule has 1 aliphatic carbocycles. The Bertz CT molecular complexity index is 314. The minimum absolute atomic E-state index is 0.141. The number of nitrogens with zero attached hydrogens (tertiary/aromatic N) is 1. The van der Waals surface area contributed by atoms with Crippen LogP contribution in [0.5, 0.6) is 0 Å². The molecule has 1 aliphatic heterocycles. The SMILES string of the molecule is CC(C)(C)OC(=O)N1CCOCC1C1CC1CN. The van der Waals surface area contributed by atoms with Crippen molar-refractivity contribution >= 4 is 6.09 Å². The Hall–Kier alpha value is -0.810. The van der Waals surface area contributed by atoms with Gasteiger partial charge < -0.3 is 20.1 Å². The number of amides is 1. The lowest BCUT2D eigenvalue weighted by Gasteiger charge is -2.37. The van der Waals surface area contributed by atoms with E-state index in [0.717, 1.165) is 6.42 Å².